The molecule has 0 saturated heterocycles. The first-order valence-corrected chi connectivity index (χ1v) is 7.60. The van der Waals surface area contributed by atoms with Crippen molar-refractivity contribution in [2.45, 2.75) is 9.79 Å². The van der Waals surface area contributed by atoms with Gasteiger partial charge in [-0.25, -0.2) is 8.42 Å². The van der Waals surface area contributed by atoms with E-state index in [0.717, 1.165) is 12.1 Å². The largest absolute Gasteiger partial charge is 0.270 e. The van der Waals surface area contributed by atoms with Crippen molar-refractivity contribution >= 4 is 21.6 Å². The fourth-order valence-corrected chi connectivity index (χ4v) is 3.35. The molecule has 2 aromatic rings. The number of benzene rings is 2. The standard InChI is InChI=1S/C15H10N2O4S/c16-10-4-5-12-8-9-13(17(18)19)11-15(12)22(20,21)14-6-2-1-3-7-14/h1-9,11H/b5-4+. The average Bonchev–Trinajstić information content (AvgIpc) is 2.53. The number of nitriles is 1. The second kappa shape index (κ2) is 6.20. The van der Waals surface area contributed by atoms with Crippen LogP contribution in [-0.4, -0.2) is 13.3 Å². The minimum atomic E-state index is -3.92. The highest BCUT2D eigenvalue weighted by atomic mass is 32.2. The molecule has 0 aliphatic rings. The molecule has 0 atom stereocenters. The van der Waals surface area contributed by atoms with Crippen LogP contribution in [0.5, 0.6) is 0 Å². The van der Waals surface area contributed by atoms with Crippen LogP contribution in [0, 0.1) is 21.4 Å². The van der Waals surface area contributed by atoms with Crippen LogP contribution in [0.4, 0.5) is 5.69 Å². The van der Waals surface area contributed by atoms with Crippen LogP contribution in [0.15, 0.2) is 64.4 Å². The van der Waals surface area contributed by atoms with Crippen molar-refractivity contribution in [1.82, 2.24) is 0 Å². The summed E-state index contributed by atoms with van der Waals surface area (Å²) in [5.74, 6) is 0. The minimum Gasteiger partial charge on any atom is -0.258 e. The maximum Gasteiger partial charge on any atom is 0.270 e. The molecule has 22 heavy (non-hydrogen) atoms. The molecule has 0 unspecified atom stereocenters. The number of hydrogen-bond donors (Lipinski definition) is 0. The van der Waals surface area contributed by atoms with Gasteiger partial charge in [-0.05, 0) is 29.8 Å². The predicted molar refractivity (Wildman–Crippen MR) is 79.6 cm³/mol. The fraction of sp³-hybridized carbons (Fsp3) is 0. The van der Waals surface area contributed by atoms with Crippen LogP contribution in [0.3, 0.4) is 0 Å². The van der Waals surface area contributed by atoms with Crippen LogP contribution >= 0.6 is 0 Å². The minimum absolute atomic E-state index is 0.0297. The number of nitro groups is 1. The van der Waals surface area contributed by atoms with Gasteiger partial charge >= 0.3 is 0 Å². The van der Waals surface area contributed by atoms with E-state index in [-0.39, 0.29) is 21.0 Å². The Morgan fingerprint density at radius 3 is 2.41 bits per heavy atom. The van der Waals surface area contributed by atoms with Gasteiger partial charge in [0.2, 0.25) is 9.84 Å². The molecular weight excluding hydrogens is 304 g/mol. The third-order valence-electron chi connectivity index (χ3n) is 2.89. The van der Waals surface area contributed by atoms with Gasteiger partial charge in [0.15, 0.2) is 0 Å². The van der Waals surface area contributed by atoms with Gasteiger partial charge in [-0.15, -0.1) is 0 Å². The second-order valence-corrected chi connectivity index (χ2v) is 6.18. The summed E-state index contributed by atoms with van der Waals surface area (Å²) < 4.78 is 25.3. The lowest BCUT2D eigenvalue weighted by Gasteiger charge is -2.08. The van der Waals surface area contributed by atoms with Crippen molar-refractivity contribution in [2.24, 2.45) is 0 Å². The van der Waals surface area contributed by atoms with Gasteiger partial charge in [-0.2, -0.15) is 5.26 Å². The van der Waals surface area contributed by atoms with Crippen LogP contribution in [0.25, 0.3) is 6.08 Å². The Bertz CT molecular complexity index is 882. The summed E-state index contributed by atoms with van der Waals surface area (Å²) in [6.07, 6.45) is 2.42. The number of allylic oxidation sites excluding steroid dienone is 1. The third kappa shape index (κ3) is 3.02. The van der Waals surface area contributed by atoms with Crippen LogP contribution in [0.2, 0.25) is 0 Å². The molecule has 110 valence electrons. The fourth-order valence-electron chi connectivity index (χ4n) is 1.86. The van der Waals surface area contributed by atoms with Crippen LogP contribution in [-0.2, 0) is 9.84 Å². The summed E-state index contributed by atoms with van der Waals surface area (Å²) in [6, 6.07) is 12.9. The normalized spacial score (nSPS) is 11.2. The van der Waals surface area contributed by atoms with E-state index in [9.17, 15) is 18.5 Å². The van der Waals surface area contributed by atoms with E-state index >= 15 is 0 Å². The summed E-state index contributed by atoms with van der Waals surface area (Å²) in [5, 5.41) is 19.5. The van der Waals surface area contributed by atoms with Crippen LogP contribution < -0.4 is 0 Å². The Balaban J connectivity index is 2.71. The summed E-state index contributed by atoms with van der Waals surface area (Å²) in [6.45, 7) is 0. The summed E-state index contributed by atoms with van der Waals surface area (Å²) in [4.78, 5) is 10.0. The molecule has 0 bridgehead atoms. The Hall–Kier alpha value is -2.98. The van der Waals surface area contributed by atoms with Gasteiger partial charge in [-0.3, -0.25) is 10.1 Å². The molecule has 6 nitrogen and oxygen atoms in total. The molecule has 0 aliphatic heterocycles. The van der Waals surface area contributed by atoms with Crippen molar-refractivity contribution in [1.29, 1.82) is 5.26 Å². The van der Waals surface area contributed by atoms with Gasteiger partial charge in [0.05, 0.1) is 20.8 Å². The first-order valence-electron chi connectivity index (χ1n) is 6.11. The maximum absolute atomic E-state index is 12.7. The molecule has 2 rings (SSSR count). The van der Waals surface area contributed by atoms with E-state index in [1.807, 2.05) is 0 Å². The zero-order valence-electron chi connectivity index (χ0n) is 11.2. The van der Waals surface area contributed by atoms with Crippen molar-refractivity contribution in [3.63, 3.8) is 0 Å². The molecule has 0 heterocycles. The lowest BCUT2D eigenvalue weighted by molar-refractivity contribution is -0.385. The Labute approximate surface area is 127 Å². The summed E-state index contributed by atoms with van der Waals surface area (Å²) in [5.41, 5.74) is -0.111. The van der Waals surface area contributed by atoms with Crippen molar-refractivity contribution in [3.05, 3.63) is 70.3 Å². The van der Waals surface area contributed by atoms with E-state index in [4.69, 9.17) is 5.26 Å². The van der Waals surface area contributed by atoms with Crippen molar-refractivity contribution in [3.8, 4) is 6.07 Å². The van der Waals surface area contributed by atoms with Gasteiger partial charge in [0.25, 0.3) is 5.69 Å². The summed E-state index contributed by atoms with van der Waals surface area (Å²) >= 11 is 0. The Morgan fingerprint density at radius 2 is 1.82 bits per heavy atom. The van der Waals surface area contributed by atoms with E-state index < -0.39 is 14.8 Å². The zero-order valence-corrected chi connectivity index (χ0v) is 12.0. The van der Waals surface area contributed by atoms with Gasteiger partial charge in [-0.1, -0.05) is 18.2 Å². The molecule has 0 saturated carbocycles. The molecule has 0 N–H and O–H groups in total. The van der Waals surface area contributed by atoms with E-state index in [2.05, 4.69) is 0 Å². The summed E-state index contributed by atoms with van der Waals surface area (Å²) in [7, 11) is -3.92. The van der Waals surface area contributed by atoms with Gasteiger partial charge < -0.3 is 0 Å². The number of hydrogen-bond acceptors (Lipinski definition) is 5. The SMILES string of the molecule is N#C/C=C/c1ccc([N+](=O)[O-])cc1S(=O)(=O)c1ccccc1. The predicted octanol–water partition coefficient (Wildman–Crippen LogP) is 2.96. The number of rotatable bonds is 4. The molecule has 0 spiro atoms. The van der Waals surface area contributed by atoms with E-state index in [1.54, 1.807) is 24.3 Å². The molecule has 7 heteroatoms. The number of sulfone groups is 1. The lowest BCUT2D eigenvalue weighted by atomic mass is 10.2. The number of nitro benzene ring substituents is 1. The second-order valence-electron chi connectivity index (χ2n) is 4.26. The van der Waals surface area contributed by atoms with E-state index in [0.29, 0.717) is 0 Å². The highest BCUT2D eigenvalue weighted by molar-refractivity contribution is 7.91. The zero-order chi connectivity index (χ0) is 16.2. The molecule has 0 aliphatic carbocycles. The Morgan fingerprint density at radius 1 is 1.14 bits per heavy atom. The topological polar surface area (TPSA) is 101 Å². The molecule has 0 fully saturated rings. The number of non-ortho nitro benzene ring substituents is 1. The van der Waals surface area contributed by atoms with Gasteiger partial charge in [0, 0.05) is 18.2 Å². The van der Waals surface area contributed by atoms with Crippen LogP contribution in [0.1, 0.15) is 5.56 Å². The molecular formula is C15H10N2O4S. The molecule has 2 aromatic carbocycles. The quantitative estimate of drug-likeness (QED) is 0.490. The smallest absolute Gasteiger partial charge is 0.258 e. The first kappa shape index (κ1) is 15.4. The molecule has 0 amide bonds. The van der Waals surface area contributed by atoms with Crippen molar-refractivity contribution in [2.75, 3.05) is 0 Å². The monoisotopic (exact) mass is 314 g/mol. The first-order chi connectivity index (χ1) is 10.5. The average molecular weight is 314 g/mol. The molecule has 0 aromatic heterocycles. The Kier molecular flexibility index (Phi) is 4.34. The number of nitrogens with zero attached hydrogens (tertiary/aromatic N) is 2. The third-order valence-corrected chi connectivity index (χ3v) is 4.71. The maximum atomic E-state index is 12.7. The lowest BCUT2D eigenvalue weighted by Crippen LogP contribution is -2.05. The van der Waals surface area contributed by atoms with Crippen molar-refractivity contribution < 1.29 is 13.3 Å². The van der Waals surface area contributed by atoms with Gasteiger partial charge in [0.1, 0.15) is 0 Å². The highest BCUT2D eigenvalue weighted by Gasteiger charge is 2.23. The highest BCUT2D eigenvalue weighted by Crippen LogP contribution is 2.28. The molecule has 0 radical (unpaired) electrons. The van der Waals surface area contributed by atoms with E-state index in [1.165, 1.54) is 30.3 Å².